The van der Waals surface area contributed by atoms with Crippen LogP contribution >= 0.6 is 11.6 Å². The van der Waals surface area contributed by atoms with Gasteiger partial charge in [-0.3, -0.25) is 14.5 Å². The average molecular weight is 435 g/mol. The first kappa shape index (κ1) is 20.8. The van der Waals surface area contributed by atoms with E-state index in [1.165, 1.54) is 48.8 Å². The number of nitrogens with one attached hydrogen (secondary N) is 1. The topological polar surface area (TPSA) is 96.4 Å². The van der Waals surface area contributed by atoms with E-state index < -0.39 is 28.2 Å². The first-order chi connectivity index (χ1) is 13.7. The fourth-order valence-electron chi connectivity index (χ4n) is 2.77. The SMILES string of the molecule is Cc1cncc(S(=O)(=O)Nc2cc(CC(=O)O)c(Cl)cc2-c2cccc(F)c2)c1. The number of carbonyl (C=O) groups is 1. The van der Waals surface area contributed by atoms with Gasteiger partial charge in [0.1, 0.15) is 10.7 Å². The fourth-order valence-corrected chi connectivity index (χ4v) is 4.12. The lowest BCUT2D eigenvalue weighted by Crippen LogP contribution is -2.15. The van der Waals surface area contributed by atoms with E-state index in [4.69, 9.17) is 16.7 Å². The zero-order valence-corrected chi connectivity index (χ0v) is 16.8. The minimum Gasteiger partial charge on any atom is -0.481 e. The zero-order chi connectivity index (χ0) is 21.2. The highest BCUT2D eigenvalue weighted by Gasteiger charge is 2.20. The number of carboxylic acid groups (broad SMARTS) is 1. The van der Waals surface area contributed by atoms with E-state index in [1.807, 2.05) is 0 Å². The third-order valence-electron chi connectivity index (χ3n) is 4.07. The van der Waals surface area contributed by atoms with Crippen molar-refractivity contribution in [1.82, 2.24) is 4.98 Å². The summed E-state index contributed by atoms with van der Waals surface area (Å²) in [4.78, 5) is 15.0. The van der Waals surface area contributed by atoms with Crippen LogP contribution in [0.2, 0.25) is 5.02 Å². The molecule has 0 unspecified atom stereocenters. The summed E-state index contributed by atoms with van der Waals surface area (Å²) in [5, 5.41) is 9.22. The maximum atomic E-state index is 13.7. The van der Waals surface area contributed by atoms with E-state index >= 15 is 0 Å². The van der Waals surface area contributed by atoms with Gasteiger partial charge in [-0.1, -0.05) is 23.7 Å². The highest BCUT2D eigenvalue weighted by Crippen LogP contribution is 2.35. The molecular weight excluding hydrogens is 419 g/mol. The molecule has 0 aliphatic heterocycles. The molecule has 29 heavy (non-hydrogen) atoms. The summed E-state index contributed by atoms with van der Waals surface area (Å²) < 4.78 is 41.9. The molecule has 1 heterocycles. The van der Waals surface area contributed by atoms with Crippen molar-refractivity contribution >= 4 is 33.3 Å². The number of aryl methyl sites for hydroxylation is 1. The summed E-state index contributed by atoms with van der Waals surface area (Å²) in [5.41, 5.74) is 1.65. The van der Waals surface area contributed by atoms with Crippen molar-refractivity contribution in [3.05, 3.63) is 76.8 Å². The predicted molar refractivity (Wildman–Crippen MR) is 108 cm³/mol. The molecule has 0 aliphatic carbocycles. The standard InChI is InChI=1S/C20H16ClFN2O4S/c1-12-5-16(11-23-10-12)29(27,28)24-19-7-14(8-20(25)26)18(21)9-17(19)13-3-2-4-15(22)6-13/h2-7,9-11,24H,8H2,1H3,(H,25,26). The van der Waals surface area contributed by atoms with Crippen LogP contribution in [0.15, 0.2) is 59.8 Å². The van der Waals surface area contributed by atoms with Gasteiger partial charge in [-0.05, 0) is 53.9 Å². The molecule has 0 atom stereocenters. The van der Waals surface area contributed by atoms with Gasteiger partial charge < -0.3 is 5.11 Å². The molecule has 0 spiro atoms. The number of hydrogen-bond donors (Lipinski definition) is 2. The molecule has 0 amide bonds. The number of nitrogens with zero attached hydrogens (tertiary/aromatic N) is 1. The average Bonchev–Trinajstić information content (AvgIpc) is 2.63. The van der Waals surface area contributed by atoms with Crippen LogP contribution in [0.1, 0.15) is 11.1 Å². The van der Waals surface area contributed by atoms with Crippen LogP contribution < -0.4 is 4.72 Å². The van der Waals surface area contributed by atoms with E-state index in [-0.39, 0.29) is 21.2 Å². The molecular formula is C20H16ClFN2O4S. The molecule has 0 fully saturated rings. The number of benzene rings is 2. The summed E-state index contributed by atoms with van der Waals surface area (Å²) >= 11 is 6.20. The Morgan fingerprint density at radius 2 is 1.97 bits per heavy atom. The Morgan fingerprint density at radius 3 is 2.62 bits per heavy atom. The lowest BCUT2D eigenvalue weighted by Gasteiger charge is -2.16. The number of hydrogen-bond acceptors (Lipinski definition) is 4. The van der Waals surface area contributed by atoms with E-state index in [1.54, 1.807) is 13.0 Å². The molecule has 1 aromatic heterocycles. The molecule has 9 heteroatoms. The van der Waals surface area contributed by atoms with Crippen LogP contribution in [0, 0.1) is 12.7 Å². The van der Waals surface area contributed by atoms with E-state index in [0.29, 0.717) is 16.7 Å². The second-order valence-corrected chi connectivity index (χ2v) is 8.46. The zero-order valence-electron chi connectivity index (χ0n) is 15.2. The van der Waals surface area contributed by atoms with Gasteiger partial charge >= 0.3 is 5.97 Å². The number of aromatic nitrogens is 1. The summed E-state index contributed by atoms with van der Waals surface area (Å²) in [7, 11) is -4.03. The lowest BCUT2D eigenvalue weighted by atomic mass is 10.0. The van der Waals surface area contributed by atoms with Crippen LogP contribution in [0.3, 0.4) is 0 Å². The molecule has 0 radical (unpaired) electrons. The minimum atomic E-state index is -4.03. The summed E-state index contributed by atoms with van der Waals surface area (Å²) in [6, 6.07) is 9.77. The number of anilines is 1. The van der Waals surface area contributed by atoms with Crippen LogP contribution in [0.25, 0.3) is 11.1 Å². The Kier molecular flexibility index (Phi) is 5.86. The molecule has 0 saturated carbocycles. The highest BCUT2D eigenvalue weighted by molar-refractivity contribution is 7.92. The fraction of sp³-hybridized carbons (Fsp3) is 0.100. The monoisotopic (exact) mass is 434 g/mol. The van der Waals surface area contributed by atoms with Crippen molar-refractivity contribution in [3.63, 3.8) is 0 Å². The van der Waals surface area contributed by atoms with Crippen molar-refractivity contribution in [3.8, 4) is 11.1 Å². The number of sulfonamides is 1. The Labute approximate surface area is 172 Å². The minimum absolute atomic E-state index is 0.0579. The number of halogens is 2. The van der Waals surface area contributed by atoms with Gasteiger partial charge in [-0.15, -0.1) is 0 Å². The largest absolute Gasteiger partial charge is 0.481 e. The van der Waals surface area contributed by atoms with Gasteiger partial charge in [0.2, 0.25) is 0 Å². The van der Waals surface area contributed by atoms with Gasteiger partial charge in [0.05, 0.1) is 12.1 Å². The molecule has 6 nitrogen and oxygen atoms in total. The first-order valence-corrected chi connectivity index (χ1v) is 10.3. The third-order valence-corrected chi connectivity index (χ3v) is 5.75. The molecule has 2 aromatic carbocycles. The summed E-state index contributed by atoms with van der Waals surface area (Å²) in [6.07, 6.45) is 2.32. The van der Waals surface area contributed by atoms with Crippen LogP contribution in [0.5, 0.6) is 0 Å². The predicted octanol–water partition coefficient (Wildman–Crippen LogP) is 4.28. The van der Waals surface area contributed by atoms with Gasteiger partial charge in [-0.25, -0.2) is 12.8 Å². The number of rotatable bonds is 6. The second kappa shape index (κ2) is 8.18. The second-order valence-electron chi connectivity index (χ2n) is 6.37. The molecule has 0 aliphatic rings. The Hall–Kier alpha value is -2.97. The Balaban J connectivity index is 2.15. The third kappa shape index (κ3) is 4.90. The molecule has 0 saturated heterocycles. The van der Waals surface area contributed by atoms with Crippen molar-refractivity contribution in [2.45, 2.75) is 18.2 Å². The van der Waals surface area contributed by atoms with Crippen LogP contribution in [-0.4, -0.2) is 24.5 Å². The molecule has 3 rings (SSSR count). The highest BCUT2D eigenvalue weighted by atomic mass is 35.5. The van der Waals surface area contributed by atoms with Crippen LogP contribution in [0.4, 0.5) is 10.1 Å². The summed E-state index contributed by atoms with van der Waals surface area (Å²) in [5.74, 6) is -1.63. The lowest BCUT2D eigenvalue weighted by molar-refractivity contribution is -0.136. The molecule has 0 bridgehead atoms. The van der Waals surface area contributed by atoms with Gasteiger partial charge in [0.15, 0.2) is 0 Å². The number of pyridine rings is 1. The normalized spacial score (nSPS) is 11.3. The first-order valence-electron chi connectivity index (χ1n) is 8.40. The van der Waals surface area contributed by atoms with Gasteiger partial charge in [0, 0.05) is 23.0 Å². The Bertz CT molecular complexity index is 1200. The van der Waals surface area contributed by atoms with Crippen molar-refractivity contribution < 1.29 is 22.7 Å². The van der Waals surface area contributed by atoms with Crippen molar-refractivity contribution in [1.29, 1.82) is 0 Å². The van der Waals surface area contributed by atoms with E-state index in [2.05, 4.69) is 9.71 Å². The smallest absolute Gasteiger partial charge is 0.307 e. The van der Waals surface area contributed by atoms with Gasteiger partial charge in [-0.2, -0.15) is 0 Å². The molecule has 2 N–H and O–H groups in total. The van der Waals surface area contributed by atoms with E-state index in [9.17, 15) is 17.6 Å². The summed E-state index contributed by atoms with van der Waals surface area (Å²) in [6.45, 7) is 1.71. The van der Waals surface area contributed by atoms with E-state index in [0.717, 1.165) is 0 Å². The van der Waals surface area contributed by atoms with Gasteiger partial charge in [0.25, 0.3) is 10.0 Å². The van der Waals surface area contributed by atoms with Crippen LogP contribution in [-0.2, 0) is 21.2 Å². The van der Waals surface area contributed by atoms with Crippen molar-refractivity contribution in [2.75, 3.05) is 4.72 Å². The number of carboxylic acids is 1. The maximum Gasteiger partial charge on any atom is 0.307 e. The quantitative estimate of drug-likeness (QED) is 0.603. The Morgan fingerprint density at radius 1 is 1.21 bits per heavy atom. The maximum absolute atomic E-state index is 13.7. The number of aliphatic carboxylic acids is 1. The van der Waals surface area contributed by atoms with Crippen molar-refractivity contribution in [2.24, 2.45) is 0 Å². The molecule has 150 valence electrons. The molecule has 3 aromatic rings.